The summed E-state index contributed by atoms with van der Waals surface area (Å²) in [4.78, 5) is 18.4. The van der Waals surface area contributed by atoms with Crippen molar-refractivity contribution in [2.24, 2.45) is 0 Å². The Balaban J connectivity index is 1.82. The maximum Gasteiger partial charge on any atom is 0.419 e. The van der Waals surface area contributed by atoms with Crippen molar-refractivity contribution in [2.45, 2.75) is 31.1 Å². The molecule has 1 heterocycles. The molecule has 1 aliphatic rings. The Morgan fingerprint density at radius 3 is 2.47 bits per heavy atom. The minimum Gasteiger partial charge on any atom is -0.339 e. The molecule has 1 fully saturated rings. The fourth-order valence-corrected chi connectivity index (χ4v) is 4.76. The number of carbonyl (C=O) groups excluding carboxylic acids is 1. The van der Waals surface area contributed by atoms with E-state index >= 15 is 0 Å². The lowest BCUT2D eigenvalue weighted by Gasteiger charge is -2.29. The van der Waals surface area contributed by atoms with Crippen LogP contribution in [0.1, 0.15) is 29.0 Å². The normalized spacial score (nSPS) is 18.2. The molecule has 0 saturated carbocycles. The largest absolute Gasteiger partial charge is 0.419 e. The number of hydrogen-bond donors (Lipinski definition) is 0. The first-order chi connectivity index (χ1) is 16.9. The van der Waals surface area contributed by atoms with Gasteiger partial charge in [0, 0.05) is 44.6 Å². The quantitative estimate of drug-likeness (QED) is 0.416. The van der Waals surface area contributed by atoms with E-state index < -0.39 is 17.6 Å². The van der Waals surface area contributed by atoms with Crippen LogP contribution in [0.3, 0.4) is 0 Å². The van der Waals surface area contributed by atoms with E-state index in [0.29, 0.717) is 41.7 Å². The van der Waals surface area contributed by atoms with Crippen LogP contribution in [0.5, 0.6) is 0 Å². The highest BCUT2D eigenvalue weighted by Gasteiger charge is 2.39. The number of amides is 1. The molecule has 3 rings (SSSR count). The molecule has 194 valence electrons. The van der Waals surface area contributed by atoms with E-state index in [0.717, 1.165) is 17.7 Å². The molecule has 1 amide bonds. The van der Waals surface area contributed by atoms with Crippen molar-refractivity contribution in [1.29, 1.82) is 5.26 Å². The number of halogens is 6. The predicted octanol–water partition coefficient (Wildman–Crippen LogP) is 5.42. The van der Waals surface area contributed by atoms with Gasteiger partial charge in [0.15, 0.2) is 0 Å². The van der Waals surface area contributed by atoms with Crippen LogP contribution in [0, 0.1) is 17.1 Å². The number of nitrogens with zero attached hydrogens (tertiary/aromatic N) is 4. The van der Waals surface area contributed by atoms with Crippen LogP contribution in [0.4, 0.5) is 17.6 Å². The first-order valence-electron chi connectivity index (χ1n) is 11.2. The average molecular weight is 545 g/mol. The summed E-state index contributed by atoms with van der Waals surface area (Å²) < 4.78 is 52.9. The van der Waals surface area contributed by atoms with Crippen molar-refractivity contribution < 1.29 is 22.4 Å². The van der Waals surface area contributed by atoms with E-state index in [1.54, 1.807) is 36.0 Å². The first-order valence-corrected chi connectivity index (χ1v) is 12.0. The fraction of sp³-hybridized carbons (Fsp3) is 0.440. The van der Waals surface area contributed by atoms with Crippen LogP contribution >= 0.6 is 23.2 Å². The van der Waals surface area contributed by atoms with E-state index in [1.165, 1.54) is 6.07 Å². The molecular weight excluding hydrogens is 519 g/mol. The molecule has 0 radical (unpaired) electrons. The molecule has 1 aliphatic heterocycles. The summed E-state index contributed by atoms with van der Waals surface area (Å²) in [7, 11) is 3.56. The smallest absolute Gasteiger partial charge is 0.339 e. The third kappa shape index (κ3) is 6.88. The van der Waals surface area contributed by atoms with Gasteiger partial charge in [0.05, 0.1) is 28.2 Å². The van der Waals surface area contributed by atoms with Gasteiger partial charge in [-0.3, -0.25) is 14.6 Å². The number of rotatable bonds is 8. The molecule has 1 saturated heterocycles. The van der Waals surface area contributed by atoms with Gasteiger partial charge in [-0.1, -0.05) is 35.3 Å². The van der Waals surface area contributed by atoms with Gasteiger partial charge in [-0.15, -0.1) is 0 Å². The lowest BCUT2D eigenvalue weighted by atomic mass is 9.93. The second kappa shape index (κ2) is 11.8. The van der Waals surface area contributed by atoms with Gasteiger partial charge in [0.25, 0.3) is 0 Å². The lowest BCUT2D eigenvalue weighted by molar-refractivity contribution is -0.140. The highest BCUT2D eigenvalue weighted by Crippen LogP contribution is 2.35. The molecule has 0 bridgehead atoms. The predicted molar refractivity (Wildman–Crippen MR) is 130 cm³/mol. The van der Waals surface area contributed by atoms with Crippen molar-refractivity contribution >= 4 is 29.1 Å². The molecule has 0 aromatic heterocycles. The summed E-state index contributed by atoms with van der Waals surface area (Å²) in [5, 5.41) is 9.55. The highest BCUT2D eigenvalue weighted by molar-refractivity contribution is 6.42. The molecule has 2 aromatic carbocycles. The third-order valence-electron chi connectivity index (χ3n) is 6.36. The molecule has 11 heteroatoms. The summed E-state index contributed by atoms with van der Waals surface area (Å²) in [5.41, 5.74) is -0.0503. The van der Waals surface area contributed by atoms with E-state index in [-0.39, 0.29) is 31.0 Å². The molecule has 5 nitrogen and oxygen atoms in total. The summed E-state index contributed by atoms with van der Waals surface area (Å²) in [6.07, 6.45) is -4.45. The number of carbonyl (C=O) groups is 1. The van der Waals surface area contributed by atoms with Gasteiger partial charge in [-0.05, 0) is 49.5 Å². The molecular formula is C25H26Cl2F4N4O. The number of likely N-dealkylation sites (N-methyl/N-ethyl adjacent to an activating group) is 2. The Morgan fingerprint density at radius 1 is 1.14 bits per heavy atom. The standard InChI is InChI=1S/C25H26Cl2F4N4O/c1-33(9-3-8-32)15-24(36)35-13-18(17-5-7-20(26)21(27)11-17)23(14-35)34(2)12-16-4-6-19(22(28)10-16)25(29,30)31/h4-7,10-11,18,23H,3,9,12-15H2,1-2H3/t18-,23+/m1/s1. The Morgan fingerprint density at radius 2 is 1.86 bits per heavy atom. The van der Waals surface area contributed by atoms with Gasteiger partial charge in [0.2, 0.25) is 5.91 Å². The fourth-order valence-electron chi connectivity index (χ4n) is 4.45. The zero-order chi connectivity index (χ0) is 26.6. The van der Waals surface area contributed by atoms with E-state index in [4.69, 9.17) is 28.5 Å². The van der Waals surface area contributed by atoms with Gasteiger partial charge < -0.3 is 4.90 Å². The van der Waals surface area contributed by atoms with Crippen molar-refractivity contribution in [3.05, 3.63) is 69.0 Å². The van der Waals surface area contributed by atoms with Gasteiger partial charge in [-0.2, -0.15) is 18.4 Å². The van der Waals surface area contributed by atoms with E-state index in [2.05, 4.69) is 6.07 Å². The van der Waals surface area contributed by atoms with Crippen molar-refractivity contribution in [1.82, 2.24) is 14.7 Å². The summed E-state index contributed by atoms with van der Waals surface area (Å²) in [6, 6.07) is 10.0. The zero-order valence-electron chi connectivity index (χ0n) is 19.8. The molecule has 0 unspecified atom stereocenters. The van der Waals surface area contributed by atoms with Crippen LogP contribution in [0.2, 0.25) is 10.0 Å². The van der Waals surface area contributed by atoms with Gasteiger partial charge in [0.1, 0.15) is 5.82 Å². The van der Waals surface area contributed by atoms with Gasteiger partial charge >= 0.3 is 6.18 Å². The topological polar surface area (TPSA) is 50.6 Å². The second-order valence-corrected chi connectivity index (χ2v) is 9.83. The van der Waals surface area contributed by atoms with Crippen LogP contribution in [0.15, 0.2) is 36.4 Å². The summed E-state index contributed by atoms with van der Waals surface area (Å²) in [6.45, 7) is 1.57. The molecule has 0 N–H and O–H groups in total. The van der Waals surface area contributed by atoms with Crippen molar-refractivity contribution in [2.75, 3.05) is 40.3 Å². The van der Waals surface area contributed by atoms with Crippen LogP contribution in [-0.4, -0.2) is 66.9 Å². The summed E-state index contributed by atoms with van der Waals surface area (Å²) >= 11 is 12.3. The maximum atomic E-state index is 14.1. The number of nitriles is 1. The van der Waals surface area contributed by atoms with E-state index in [9.17, 15) is 22.4 Å². The second-order valence-electron chi connectivity index (χ2n) is 9.02. The monoisotopic (exact) mass is 544 g/mol. The number of alkyl halides is 3. The number of likely N-dealkylation sites (tertiary alicyclic amines) is 1. The van der Waals surface area contributed by atoms with Crippen LogP contribution in [0.25, 0.3) is 0 Å². The Hall–Kier alpha value is -2.38. The highest BCUT2D eigenvalue weighted by atomic mass is 35.5. The molecule has 0 aliphatic carbocycles. The Labute approximate surface area is 217 Å². The maximum absolute atomic E-state index is 14.1. The molecule has 36 heavy (non-hydrogen) atoms. The van der Waals surface area contributed by atoms with Gasteiger partial charge in [-0.25, -0.2) is 4.39 Å². The Bertz CT molecular complexity index is 1140. The molecule has 2 atom stereocenters. The SMILES string of the molecule is CN(CCC#N)CC(=O)N1C[C@H](c2ccc(Cl)c(Cl)c2)[C@@H](N(C)Cc2ccc(C(F)(F)F)c(F)c2)C1. The lowest BCUT2D eigenvalue weighted by Crippen LogP contribution is -2.40. The zero-order valence-corrected chi connectivity index (χ0v) is 21.3. The molecule has 2 aromatic rings. The minimum absolute atomic E-state index is 0.100. The van der Waals surface area contributed by atoms with Crippen molar-refractivity contribution in [3.8, 4) is 6.07 Å². The first kappa shape index (κ1) is 28.2. The number of hydrogen-bond acceptors (Lipinski definition) is 4. The van der Waals surface area contributed by atoms with Crippen LogP contribution in [-0.2, 0) is 17.5 Å². The van der Waals surface area contributed by atoms with Crippen LogP contribution < -0.4 is 0 Å². The summed E-state index contributed by atoms with van der Waals surface area (Å²) in [5.74, 6) is -1.58. The minimum atomic E-state index is -4.76. The van der Waals surface area contributed by atoms with E-state index in [1.807, 2.05) is 11.0 Å². The third-order valence-corrected chi connectivity index (χ3v) is 7.10. The average Bonchev–Trinajstić information content (AvgIpc) is 3.24. The van der Waals surface area contributed by atoms with Crippen molar-refractivity contribution in [3.63, 3.8) is 0 Å². The number of benzene rings is 2. The Kier molecular flexibility index (Phi) is 9.23. The molecule has 0 spiro atoms.